The second-order valence-electron chi connectivity index (χ2n) is 5.33. The predicted molar refractivity (Wildman–Crippen MR) is 76.8 cm³/mol. The summed E-state index contributed by atoms with van der Waals surface area (Å²) in [5, 5.41) is 11.2. The van der Waals surface area contributed by atoms with Crippen molar-refractivity contribution in [1.29, 1.82) is 0 Å². The van der Waals surface area contributed by atoms with E-state index in [1.54, 1.807) is 0 Å². The quantitative estimate of drug-likeness (QED) is 0.889. The van der Waals surface area contributed by atoms with Gasteiger partial charge in [0.1, 0.15) is 5.60 Å². The monoisotopic (exact) mass is 253 g/mol. The van der Waals surface area contributed by atoms with E-state index in [9.17, 15) is 5.11 Å². The van der Waals surface area contributed by atoms with E-state index in [4.69, 9.17) is 0 Å². The van der Waals surface area contributed by atoms with Gasteiger partial charge in [-0.3, -0.25) is 4.90 Å². The van der Waals surface area contributed by atoms with Gasteiger partial charge in [0.2, 0.25) is 0 Å². The van der Waals surface area contributed by atoms with Crippen molar-refractivity contribution >= 4 is 0 Å². The molecule has 1 saturated heterocycles. The number of likely N-dealkylation sites (tertiary alicyclic amines) is 1. The Labute approximate surface area is 114 Å². The fraction of sp³-hybridized carbons (Fsp3) is 0.294. The lowest BCUT2D eigenvalue weighted by atomic mass is 9.83. The van der Waals surface area contributed by atoms with Gasteiger partial charge in [-0.2, -0.15) is 0 Å². The molecule has 0 amide bonds. The summed E-state index contributed by atoms with van der Waals surface area (Å²) in [4.78, 5) is 2.24. The van der Waals surface area contributed by atoms with Crippen LogP contribution in [0.1, 0.15) is 23.6 Å². The Kier molecular flexibility index (Phi) is 3.13. The van der Waals surface area contributed by atoms with Crippen molar-refractivity contribution in [3.63, 3.8) is 0 Å². The number of likely N-dealkylation sites (N-methyl/N-ethyl adjacent to an activating group) is 1. The van der Waals surface area contributed by atoms with Crippen LogP contribution in [-0.2, 0) is 5.60 Å². The third-order valence-electron chi connectivity index (χ3n) is 4.13. The first-order valence-corrected chi connectivity index (χ1v) is 6.75. The average Bonchev–Trinajstić information content (AvgIpc) is 2.78. The van der Waals surface area contributed by atoms with E-state index in [-0.39, 0.29) is 6.04 Å². The van der Waals surface area contributed by atoms with Crippen molar-refractivity contribution in [2.24, 2.45) is 0 Å². The molecule has 1 heterocycles. The molecule has 1 N–H and O–H groups in total. The number of benzene rings is 2. The van der Waals surface area contributed by atoms with Crippen LogP contribution in [0.2, 0.25) is 0 Å². The molecule has 2 atom stereocenters. The third-order valence-corrected chi connectivity index (χ3v) is 4.13. The highest BCUT2D eigenvalue weighted by atomic mass is 16.3. The minimum absolute atomic E-state index is 0.0242. The molecule has 0 saturated carbocycles. The van der Waals surface area contributed by atoms with Crippen LogP contribution >= 0.6 is 0 Å². The second kappa shape index (κ2) is 4.80. The summed E-state index contributed by atoms with van der Waals surface area (Å²) in [6, 6.07) is 20.3. The van der Waals surface area contributed by atoms with Crippen LogP contribution < -0.4 is 0 Å². The first-order valence-electron chi connectivity index (χ1n) is 6.75. The molecular weight excluding hydrogens is 234 g/mol. The van der Waals surface area contributed by atoms with E-state index in [0.717, 1.165) is 18.5 Å². The molecule has 98 valence electrons. The Balaban J connectivity index is 2.06. The molecule has 0 bridgehead atoms. The zero-order valence-corrected chi connectivity index (χ0v) is 11.2. The van der Waals surface area contributed by atoms with Crippen molar-refractivity contribution in [2.75, 3.05) is 13.6 Å². The SMILES string of the molecule is CN1CC[C@](O)(c2ccccc2)[C@@H]1c1ccccc1. The van der Waals surface area contributed by atoms with Crippen LogP contribution in [0.25, 0.3) is 0 Å². The molecule has 0 radical (unpaired) electrons. The van der Waals surface area contributed by atoms with E-state index in [1.807, 2.05) is 48.5 Å². The van der Waals surface area contributed by atoms with Crippen LogP contribution in [0, 0.1) is 0 Å². The summed E-state index contributed by atoms with van der Waals surface area (Å²) in [5.41, 5.74) is 1.39. The van der Waals surface area contributed by atoms with Gasteiger partial charge in [0.25, 0.3) is 0 Å². The van der Waals surface area contributed by atoms with Crippen molar-refractivity contribution in [2.45, 2.75) is 18.1 Å². The highest BCUT2D eigenvalue weighted by Crippen LogP contribution is 2.46. The number of hydrogen-bond acceptors (Lipinski definition) is 2. The molecular formula is C17H19NO. The molecule has 1 aliphatic rings. The van der Waals surface area contributed by atoms with Gasteiger partial charge in [0.05, 0.1) is 6.04 Å². The standard InChI is InChI=1S/C17H19NO/c1-18-13-12-17(19,15-10-6-3-7-11-15)16(18)14-8-4-2-5-9-14/h2-11,16,19H,12-13H2,1H3/t16-,17-/m0/s1. The molecule has 0 unspecified atom stereocenters. The maximum absolute atomic E-state index is 11.2. The summed E-state index contributed by atoms with van der Waals surface area (Å²) < 4.78 is 0. The zero-order valence-electron chi connectivity index (χ0n) is 11.2. The summed E-state index contributed by atoms with van der Waals surface area (Å²) in [5.74, 6) is 0. The highest BCUT2D eigenvalue weighted by molar-refractivity contribution is 5.32. The molecule has 2 aromatic carbocycles. The molecule has 1 aliphatic heterocycles. The summed E-state index contributed by atoms with van der Waals surface area (Å²) >= 11 is 0. The van der Waals surface area contributed by atoms with E-state index < -0.39 is 5.60 Å². The average molecular weight is 253 g/mol. The second-order valence-corrected chi connectivity index (χ2v) is 5.33. The van der Waals surface area contributed by atoms with Gasteiger partial charge < -0.3 is 5.11 Å². The van der Waals surface area contributed by atoms with E-state index >= 15 is 0 Å². The van der Waals surface area contributed by atoms with Crippen molar-refractivity contribution in [1.82, 2.24) is 4.90 Å². The first kappa shape index (κ1) is 12.4. The molecule has 19 heavy (non-hydrogen) atoms. The smallest absolute Gasteiger partial charge is 0.110 e. The normalized spacial score (nSPS) is 27.6. The van der Waals surface area contributed by atoms with Gasteiger partial charge in [-0.15, -0.1) is 0 Å². The Morgan fingerprint density at radius 2 is 1.58 bits per heavy atom. The van der Waals surface area contributed by atoms with Crippen molar-refractivity contribution < 1.29 is 5.11 Å². The summed E-state index contributed by atoms with van der Waals surface area (Å²) in [6.45, 7) is 0.908. The molecule has 0 spiro atoms. The lowest BCUT2D eigenvalue weighted by Crippen LogP contribution is -2.33. The summed E-state index contributed by atoms with van der Waals surface area (Å²) in [6.07, 6.45) is 0.771. The number of hydrogen-bond donors (Lipinski definition) is 1. The maximum Gasteiger partial charge on any atom is 0.110 e. The van der Waals surface area contributed by atoms with Crippen molar-refractivity contribution in [3.8, 4) is 0 Å². The molecule has 2 aromatic rings. The third kappa shape index (κ3) is 2.07. The van der Waals surface area contributed by atoms with Gasteiger partial charge in [-0.05, 0) is 24.6 Å². The summed E-state index contributed by atoms with van der Waals surface area (Å²) in [7, 11) is 2.08. The number of rotatable bonds is 2. The first-order chi connectivity index (χ1) is 9.22. The van der Waals surface area contributed by atoms with Crippen LogP contribution in [0.15, 0.2) is 60.7 Å². The fourth-order valence-electron chi connectivity index (χ4n) is 3.17. The molecule has 0 aromatic heterocycles. The van der Waals surface area contributed by atoms with Crippen LogP contribution in [0.3, 0.4) is 0 Å². The highest BCUT2D eigenvalue weighted by Gasteiger charge is 2.46. The van der Waals surface area contributed by atoms with Gasteiger partial charge in [-0.1, -0.05) is 60.7 Å². The van der Waals surface area contributed by atoms with Gasteiger partial charge in [-0.25, -0.2) is 0 Å². The molecule has 2 nitrogen and oxygen atoms in total. The van der Waals surface area contributed by atoms with Crippen LogP contribution in [0.5, 0.6) is 0 Å². The molecule has 3 rings (SSSR count). The topological polar surface area (TPSA) is 23.5 Å². The van der Waals surface area contributed by atoms with E-state index in [2.05, 4.69) is 24.1 Å². The predicted octanol–water partition coefficient (Wildman–Crippen LogP) is 2.95. The van der Waals surface area contributed by atoms with E-state index in [1.165, 1.54) is 5.56 Å². The molecule has 0 aliphatic carbocycles. The lowest BCUT2D eigenvalue weighted by molar-refractivity contribution is 0.00249. The molecule has 2 heteroatoms. The largest absolute Gasteiger partial charge is 0.383 e. The van der Waals surface area contributed by atoms with E-state index in [0.29, 0.717) is 0 Å². The zero-order chi connectivity index (χ0) is 13.3. The fourth-order valence-corrected chi connectivity index (χ4v) is 3.17. The van der Waals surface area contributed by atoms with Crippen LogP contribution in [0.4, 0.5) is 0 Å². The minimum atomic E-state index is -0.794. The number of nitrogens with zero attached hydrogens (tertiary/aromatic N) is 1. The van der Waals surface area contributed by atoms with Crippen molar-refractivity contribution in [3.05, 3.63) is 71.8 Å². The minimum Gasteiger partial charge on any atom is -0.383 e. The Morgan fingerprint density at radius 3 is 2.21 bits per heavy atom. The Bertz CT molecular complexity index is 540. The molecule has 1 fully saturated rings. The van der Waals surface area contributed by atoms with Crippen LogP contribution in [-0.4, -0.2) is 23.6 Å². The number of aliphatic hydroxyl groups is 1. The Morgan fingerprint density at radius 1 is 1.00 bits per heavy atom. The van der Waals surface area contributed by atoms with Gasteiger partial charge >= 0.3 is 0 Å². The maximum atomic E-state index is 11.2. The Hall–Kier alpha value is -1.64. The van der Waals surface area contributed by atoms with Gasteiger partial charge in [0, 0.05) is 6.54 Å². The van der Waals surface area contributed by atoms with Gasteiger partial charge in [0.15, 0.2) is 0 Å². The lowest BCUT2D eigenvalue weighted by Gasteiger charge is -2.33.